The third-order valence-corrected chi connectivity index (χ3v) is 3.41. The van der Waals surface area contributed by atoms with E-state index in [9.17, 15) is 9.59 Å². The molecule has 0 unspecified atom stereocenters. The van der Waals surface area contributed by atoms with E-state index in [0.29, 0.717) is 25.5 Å². The molecule has 1 aliphatic rings. The molecule has 1 aromatic heterocycles. The first kappa shape index (κ1) is 12.7. The highest BCUT2D eigenvalue weighted by Crippen LogP contribution is 2.20. The lowest BCUT2D eigenvalue weighted by Crippen LogP contribution is -2.40. The molecule has 0 atom stereocenters. The number of nitrogens with one attached hydrogen (secondary N) is 1. The molecule has 1 aromatic carbocycles. The summed E-state index contributed by atoms with van der Waals surface area (Å²) >= 11 is 0. The Bertz CT molecular complexity index is 734. The summed E-state index contributed by atoms with van der Waals surface area (Å²) in [6.45, 7) is 1.56. The SMILES string of the molecule is Cn1c2c(c(=O)[nH]c1=O)OCN(Cc1ccccc1)C2. The van der Waals surface area contributed by atoms with Crippen LogP contribution in [0.5, 0.6) is 5.75 Å². The standard InChI is InChI=1S/C14H15N3O3/c1-16-11-8-17(7-10-5-3-2-4-6-10)9-20-12(11)13(18)15-14(16)19/h2-6H,7-9H2,1H3,(H,15,18,19). The van der Waals surface area contributed by atoms with Crippen LogP contribution >= 0.6 is 0 Å². The van der Waals surface area contributed by atoms with Crippen LogP contribution in [0.1, 0.15) is 11.3 Å². The van der Waals surface area contributed by atoms with Crippen molar-refractivity contribution in [3.8, 4) is 5.75 Å². The van der Waals surface area contributed by atoms with Crippen molar-refractivity contribution >= 4 is 0 Å². The molecule has 0 radical (unpaired) electrons. The molecule has 0 bridgehead atoms. The van der Waals surface area contributed by atoms with Crippen molar-refractivity contribution in [1.82, 2.24) is 14.5 Å². The number of rotatable bonds is 2. The van der Waals surface area contributed by atoms with Gasteiger partial charge in [-0.3, -0.25) is 19.2 Å². The van der Waals surface area contributed by atoms with Crippen LogP contribution in [0.3, 0.4) is 0 Å². The molecule has 2 heterocycles. The summed E-state index contributed by atoms with van der Waals surface area (Å²) < 4.78 is 6.92. The third-order valence-electron chi connectivity index (χ3n) is 3.41. The summed E-state index contributed by atoms with van der Waals surface area (Å²) in [7, 11) is 1.63. The van der Waals surface area contributed by atoms with E-state index < -0.39 is 11.2 Å². The van der Waals surface area contributed by atoms with Crippen molar-refractivity contribution in [3.63, 3.8) is 0 Å². The quantitative estimate of drug-likeness (QED) is 0.861. The van der Waals surface area contributed by atoms with Gasteiger partial charge in [-0.1, -0.05) is 30.3 Å². The van der Waals surface area contributed by atoms with E-state index in [2.05, 4.69) is 4.98 Å². The Hall–Kier alpha value is -2.34. The first-order valence-corrected chi connectivity index (χ1v) is 6.36. The number of fused-ring (bicyclic) bond motifs is 1. The molecule has 2 aromatic rings. The first-order valence-electron chi connectivity index (χ1n) is 6.36. The lowest BCUT2D eigenvalue weighted by molar-refractivity contribution is 0.0811. The summed E-state index contributed by atoms with van der Waals surface area (Å²) in [5.41, 5.74) is 0.900. The minimum atomic E-state index is -0.456. The third kappa shape index (κ3) is 2.25. The largest absolute Gasteiger partial charge is 0.470 e. The van der Waals surface area contributed by atoms with E-state index in [1.165, 1.54) is 4.57 Å². The van der Waals surface area contributed by atoms with E-state index in [1.807, 2.05) is 35.2 Å². The van der Waals surface area contributed by atoms with Crippen LogP contribution in [-0.4, -0.2) is 21.2 Å². The molecular formula is C14H15N3O3. The van der Waals surface area contributed by atoms with Crippen molar-refractivity contribution < 1.29 is 4.74 Å². The van der Waals surface area contributed by atoms with Crippen molar-refractivity contribution in [3.05, 3.63) is 62.4 Å². The summed E-state index contributed by atoms with van der Waals surface area (Å²) in [6, 6.07) is 10.00. The number of hydrogen-bond donors (Lipinski definition) is 1. The molecule has 1 N–H and O–H groups in total. The second-order valence-electron chi connectivity index (χ2n) is 4.84. The lowest BCUT2D eigenvalue weighted by Gasteiger charge is -2.29. The molecule has 104 valence electrons. The van der Waals surface area contributed by atoms with Gasteiger partial charge in [0.05, 0.1) is 5.69 Å². The maximum absolute atomic E-state index is 11.7. The predicted molar refractivity (Wildman–Crippen MR) is 73.5 cm³/mol. The van der Waals surface area contributed by atoms with Gasteiger partial charge in [0.1, 0.15) is 6.73 Å². The number of H-pyrrole nitrogens is 1. The summed E-state index contributed by atoms with van der Waals surface area (Å²) in [6.07, 6.45) is 0. The van der Waals surface area contributed by atoms with E-state index in [4.69, 9.17) is 4.74 Å². The highest BCUT2D eigenvalue weighted by Gasteiger charge is 2.23. The summed E-state index contributed by atoms with van der Waals surface area (Å²) in [5, 5.41) is 0. The Morgan fingerprint density at radius 2 is 2.00 bits per heavy atom. The van der Waals surface area contributed by atoms with Gasteiger partial charge in [0.15, 0.2) is 0 Å². The monoisotopic (exact) mass is 273 g/mol. The van der Waals surface area contributed by atoms with Gasteiger partial charge < -0.3 is 4.74 Å². The zero-order valence-electron chi connectivity index (χ0n) is 11.1. The fourth-order valence-corrected chi connectivity index (χ4v) is 2.33. The number of ether oxygens (including phenoxy) is 1. The van der Waals surface area contributed by atoms with E-state index >= 15 is 0 Å². The van der Waals surface area contributed by atoms with Crippen LogP contribution in [0.15, 0.2) is 39.9 Å². The fourth-order valence-electron chi connectivity index (χ4n) is 2.33. The highest BCUT2D eigenvalue weighted by molar-refractivity contribution is 5.26. The highest BCUT2D eigenvalue weighted by atomic mass is 16.5. The Labute approximate surface area is 115 Å². The zero-order valence-corrected chi connectivity index (χ0v) is 11.1. The molecule has 0 saturated heterocycles. The van der Waals surface area contributed by atoms with Gasteiger partial charge in [-0.05, 0) is 5.56 Å². The van der Waals surface area contributed by atoms with Gasteiger partial charge in [0.2, 0.25) is 5.75 Å². The van der Waals surface area contributed by atoms with Gasteiger partial charge in [0, 0.05) is 20.1 Å². The van der Waals surface area contributed by atoms with Gasteiger partial charge in [0.25, 0.3) is 5.56 Å². The van der Waals surface area contributed by atoms with Crippen molar-refractivity contribution in [2.24, 2.45) is 7.05 Å². The number of aromatic nitrogens is 2. The molecular weight excluding hydrogens is 258 g/mol. The van der Waals surface area contributed by atoms with Crippen molar-refractivity contribution in [2.45, 2.75) is 13.1 Å². The molecule has 0 aliphatic carbocycles. The Kier molecular flexibility index (Phi) is 3.15. The molecule has 0 saturated carbocycles. The Balaban J connectivity index is 1.89. The molecule has 0 fully saturated rings. The maximum atomic E-state index is 11.7. The second-order valence-corrected chi connectivity index (χ2v) is 4.84. The van der Waals surface area contributed by atoms with Crippen LogP contribution in [0.4, 0.5) is 0 Å². The minimum absolute atomic E-state index is 0.247. The lowest BCUT2D eigenvalue weighted by atomic mass is 10.2. The minimum Gasteiger partial charge on any atom is -0.470 e. The number of hydrogen-bond acceptors (Lipinski definition) is 4. The topological polar surface area (TPSA) is 67.3 Å². The fraction of sp³-hybridized carbons (Fsp3) is 0.286. The van der Waals surface area contributed by atoms with E-state index in [1.54, 1.807) is 7.05 Å². The van der Waals surface area contributed by atoms with Gasteiger partial charge in [-0.15, -0.1) is 0 Å². The maximum Gasteiger partial charge on any atom is 0.328 e. The van der Waals surface area contributed by atoms with Crippen LogP contribution in [-0.2, 0) is 20.1 Å². The normalized spacial score (nSPS) is 14.7. The van der Waals surface area contributed by atoms with Crippen molar-refractivity contribution in [2.75, 3.05) is 6.73 Å². The average Bonchev–Trinajstić information content (AvgIpc) is 2.46. The summed E-state index contributed by atoms with van der Waals surface area (Å²) in [5.74, 6) is 0.247. The molecule has 0 spiro atoms. The molecule has 0 amide bonds. The second kappa shape index (κ2) is 4.97. The van der Waals surface area contributed by atoms with E-state index in [-0.39, 0.29) is 5.75 Å². The van der Waals surface area contributed by atoms with Gasteiger partial charge in [-0.2, -0.15) is 0 Å². The van der Waals surface area contributed by atoms with Crippen LogP contribution in [0.2, 0.25) is 0 Å². The predicted octanol–water partition coefficient (Wildman–Crippen LogP) is 0.426. The molecule has 6 heteroatoms. The van der Waals surface area contributed by atoms with Gasteiger partial charge in [-0.25, -0.2) is 4.79 Å². The number of nitrogens with zero attached hydrogens (tertiary/aromatic N) is 2. The zero-order chi connectivity index (χ0) is 14.1. The van der Waals surface area contributed by atoms with E-state index in [0.717, 1.165) is 5.56 Å². The van der Waals surface area contributed by atoms with Crippen LogP contribution in [0, 0.1) is 0 Å². The summed E-state index contributed by atoms with van der Waals surface area (Å²) in [4.78, 5) is 27.6. The molecule has 3 rings (SSSR count). The smallest absolute Gasteiger partial charge is 0.328 e. The van der Waals surface area contributed by atoms with Crippen LogP contribution < -0.4 is 16.0 Å². The molecule has 1 aliphatic heterocycles. The van der Waals surface area contributed by atoms with Crippen LogP contribution in [0.25, 0.3) is 0 Å². The molecule has 20 heavy (non-hydrogen) atoms. The molecule has 6 nitrogen and oxygen atoms in total. The average molecular weight is 273 g/mol. The van der Waals surface area contributed by atoms with Gasteiger partial charge >= 0.3 is 5.69 Å². The first-order chi connectivity index (χ1) is 9.65. The Morgan fingerprint density at radius 3 is 2.75 bits per heavy atom. The van der Waals surface area contributed by atoms with Crippen molar-refractivity contribution in [1.29, 1.82) is 0 Å². The Morgan fingerprint density at radius 1 is 1.25 bits per heavy atom. The number of aromatic amines is 1. The number of benzene rings is 1.